The molecule has 0 unspecified atom stereocenters. The number of hydrogen-bond acceptors (Lipinski definition) is 8. The molecule has 206 valence electrons. The number of benzene rings is 2. The van der Waals surface area contributed by atoms with Crippen LogP contribution < -0.4 is 5.32 Å². The summed E-state index contributed by atoms with van der Waals surface area (Å²) in [6, 6.07) is 18.0. The number of Topliss-reactive ketones (excluding diaryl/α,β-unsaturated/α-hetero) is 2. The molecule has 0 radical (unpaired) electrons. The predicted molar refractivity (Wildman–Crippen MR) is 163 cm³/mol. The molecule has 10 heteroatoms. The van der Waals surface area contributed by atoms with Gasteiger partial charge < -0.3 is 15.5 Å². The van der Waals surface area contributed by atoms with Crippen LogP contribution in [0.5, 0.6) is 5.75 Å². The van der Waals surface area contributed by atoms with Crippen molar-refractivity contribution in [1.29, 1.82) is 0 Å². The Labute approximate surface area is 248 Å². The van der Waals surface area contributed by atoms with Crippen LogP contribution in [-0.2, 0) is 6.42 Å². The van der Waals surface area contributed by atoms with Crippen molar-refractivity contribution in [3.05, 3.63) is 97.0 Å². The van der Waals surface area contributed by atoms with Crippen molar-refractivity contribution in [2.45, 2.75) is 19.8 Å². The molecule has 40 heavy (non-hydrogen) atoms. The van der Waals surface area contributed by atoms with Gasteiger partial charge in [-0.05, 0) is 60.9 Å². The number of aliphatic hydroxyl groups is 1. The number of hydrogen-bond donors (Lipinski definition) is 3. The number of thiophene rings is 2. The van der Waals surface area contributed by atoms with Gasteiger partial charge in [-0.25, -0.2) is 0 Å². The normalized spacial score (nSPS) is 11.4. The highest BCUT2D eigenvalue weighted by molar-refractivity contribution is 9.10. The highest BCUT2D eigenvalue weighted by Gasteiger charge is 2.17. The predicted octanol–water partition coefficient (Wildman–Crippen LogP) is 6.17. The zero-order valence-electron chi connectivity index (χ0n) is 21.6. The van der Waals surface area contributed by atoms with Gasteiger partial charge in [0.05, 0.1) is 21.2 Å². The second-order valence-electron chi connectivity index (χ2n) is 8.92. The summed E-state index contributed by atoms with van der Waals surface area (Å²) in [5, 5.41) is 24.0. The summed E-state index contributed by atoms with van der Waals surface area (Å²) in [6.45, 7) is 1.75. The number of amides is 1. The number of halogens is 1. The first kappa shape index (κ1) is 29.5. The quantitative estimate of drug-likeness (QED) is 0.127. The van der Waals surface area contributed by atoms with Gasteiger partial charge >= 0.3 is 0 Å². The molecular formula is C30H27BrN2O5S2. The van der Waals surface area contributed by atoms with Crippen LogP contribution in [0, 0.1) is 0 Å². The lowest BCUT2D eigenvalue weighted by Crippen LogP contribution is -2.26. The van der Waals surface area contributed by atoms with Crippen molar-refractivity contribution >= 4 is 61.8 Å². The third-order valence-electron chi connectivity index (χ3n) is 6.13. The van der Waals surface area contributed by atoms with Crippen molar-refractivity contribution in [1.82, 2.24) is 5.32 Å². The van der Waals surface area contributed by atoms with Crippen molar-refractivity contribution in [2.75, 3.05) is 19.7 Å². The van der Waals surface area contributed by atoms with E-state index in [9.17, 15) is 19.5 Å². The smallest absolute Gasteiger partial charge is 0.251 e. The van der Waals surface area contributed by atoms with Gasteiger partial charge in [-0.1, -0.05) is 40.2 Å². The second kappa shape index (κ2) is 13.8. The molecular weight excluding hydrogens is 612 g/mol. The molecule has 0 aliphatic heterocycles. The zero-order valence-corrected chi connectivity index (χ0v) is 24.9. The molecule has 2 aromatic heterocycles. The maximum Gasteiger partial charge on any atom is 0.251 e. The molecule has 3 N–H and O–H groups in total. The van der Waals surface area contributed by atoms with E-state index in [1.807, 2.05) is 29.6 Å². The van der Waals surface area contributed by atoms with E-state index in [-0.39, 0.29) is 49.3 Å². The summed E-state index contributed by atoms with van der Waals surface area (Å²) in [5.41, 5.74) is 3.47. The van der Waals surface area contributed by atoms with E-state index >= 15 is 0 Å². The Bertz CT molecular complexity index is 1540. The highest BCUT2D eigenvalue weighted by atomic mass is 79.9. The number of aromatic hydroxyl groups is 1. The van der Waals surface area contributed by atoms with E-state index in [2.05, 4.69) is 26.2 Å². The summed E-state index contributed by atoms with van der Waals surface area (Å²) in [7, 11) is 0. The Hall–Kier alpha value is -3.44. The minimum Gasteiger partial charge on any atom is -0.506 e. The first-order chi connectivity index (χ1) is 19.3. The van der Waals surface area contributed by atoms with Crippen LogP contribution in [0.15, 0.2) is 75.5 Å². The van der Waals surface area contributed by atoms with Crippen molar-refractivity contribution in [3.63, 3.8) is 0 Å². The maximum atomic E-state index is 12.8. The van der Waals surface area contributed by atoms with Gasteiger partial charge in [0.15, 0.2) is 11.6 Å². The zero-order chi connectivity index (χ0) is 28.6. The molecule has 1 amide bonds. The number of aliphatic hydroxyl groups excluding tert-OH is 1. The van der Waals surface area contributed by atoms with Crippen molar-refractivity contribution in [3.8, 4) is 16.2 Å². The van der Waals surface area contributed by atoms with Crippen molar-refractivity contribution < 1.29 is 24.6 Å². The molecule has 0 saturated carbocycles. The Kier molecular flexibility index (Phi) is 10.2. The number of aliphatic imine (C=N–C) groups is 1. The molecule has 0 aliphatic rings. The summed E-state index contributed by atoms with van der Waals surface area (Å²) >= 11 is 5.99. The third-order valence-corrected chi connectivity index (χ3v) is 8.85. The Balaban J connectivity index is 1.32. The SMILES string of the molecule is CC(=NCC(=O)c1ccc(C(=O)CCc2ccc(C(=O)NCCO)cc2)s1)c1csc(-c2ccc(Br)cc2)c1O. The fourth-order valence-electron chi connectivity index (χ4n) is 3.88. The van der Waals surface area contributed by atoms with Crippen LogP contribution in [0.4, 0.5) is 0 Å². The third kappa shape index (κ3) is 7.39. The molecule has 4 aromatic rings. The van der Waals surface area contributed by atoms with Gasteiger partial charge in [0.2, 0.25) is 0 Å². The number of nitrogens with zero attached hydrogens (tertiary/aromatic N) is 1. The van der Waals surface area contributed by atoms with E-state index in [0.29, 0.717) is 33.0 Å². The first-order valence-electron chi connectivity index (χ1n) is 12.5. The summed E-state index contributed by atoms with van der Waals surface area (Å²) in [6.07, 6.45) is 0.786. The van der Waals surface area contributed by atoms with Gasteiger partial charge in [-0.3, -0.25) is 19.4 Å². The number of aryl methyl sites for hydroxylation is 1. The van der Waals surface area contributed by atoms with E-state index in [1.54, 1.807) is 43.3 Å². The van der Waals surface area contributed by atoms with E-state index < -0.39 is 0 Å². The lowest BCUT2D eigenvalue weighted by atomic mass is 10.0. The lowest BCUT2D eigenvalue weighted by Gasteiger charge is -2.05. The number of nitrogens with one attached hydrogen (secondary N) is 1. The largest absolute Gasteiger partial charge is 0.506 e. The van der Waals surface area contributed by atoms with Gasteiger partial charge in [-0.15, -0.1) is 22.7 Å². The van der Waals surface area contributed by atoms with Gasteiger partial charge in [-0.2, -0.15) is 0 Å². The fourth-order valence-corrected chi connectivity index (χ4v) is 6.06. The maximum absolute atomic E-state index is 12.8. The minimum absolute atomic E-state index is 0.0582. The Morgan fingerprint density at radius 1 is 0.950 bits per heavy atom. The highest BCUT2D eigenvalue weighted by Crippen LogP contribution is 2.39. The van der Waals surface area contributed by atoms with Crippen LogP contribution in [0.25, 0.3) is 10.4 Å². The minimum atomic E-state index is -0.260. The average molecular weight is 640 g/mol. The lowest BCUT2D eigenvalue weighted by molar-refractivity contribution is 0.0942. The van der Waals surface area contributed by atoms with Crippen LogP contribution in [0.2, 0.25) is 0 Å². The van der Waals surface area contributed by atoms with E-state index in [4.69, 9.17) is 5.11 Å². The standard InChI is InChI=1S/C30H27BrN2O5S2/c1-18(23-17-39-29(28(23)37)20-7-9-22(31)10-8-20)33-16-25(36)27-13-12-26(40-27)24(35)11-4-19-2-5-21(6-3-19)30(38)32-14-15-34/h2-3,5-10,12-13,17,34,37H,4,11,14-16H2,1H3,(H,32,38). The number of carbonyl (C=O) groups is 3. The van der Waals surface area contributed by atoms with Gasteiger partial charge in [0.1, 0.15) is 12.3 Å². The van der Waals surface area contributed by atoms with E-state index in [1.165, 1.54) is 11.3 Å². The number of carbonyl (C=O) groups excluding carboxylic acids is 3. The van der Waals surface area contributed by atoms with Crippen LogP contribution in [-0.4, -0.2) is 53.1 Å². The molecule has 0 saturated heterocycles. The Morgan fingerprint density at radius 2 is 1.62 bits per heavy atom. The van der Waals surface area contributed by atoms with Crippen molar-refractivity contribution in [2.24, 2.45) is 4.99 Å². The van der Waals surface area contributed by atoms with Crippen LogP contribution in [0.3, 0.4) is 0 Å². The molecule has 0 fully saturated rings. The summed E-state index contributed by atoms with van der Waals surface area (Å²) in [5.74, 6) is -0.368. The molecule has 0 spiro atoms. The molecule has 0 atom stereocenters. The number of ketones is 2. The first-order valence-corrected chi connectivity index (χ1v) is 15.0. The molecule has 2 heterocycles. The van der Waals surface area contributed by atoms with Crippen LogP contribution in [0.1, 0.15) is 54.2 Å². The molecule has 4 rings (SSSR count). The molecule has 0 bridgehead atoms. The number of rotatable bonds is 12. The second-order valence-corrected chi connectivity index (χ2v) is 11.8. The topological polar surface area (TPSA) is 116 Å². The monoisotopic (exact) mass is 638 g/mol. The summed E-state index contributed by atoms with van der Waals surface area (Å²) in [4.78, 5) is 43.6. The Morgan fingerprint density at radius 3 is 2.30 bits per heavy atom. The molecule has 0 aliphatic carbocycles. The molecule has 7 nitrogen and oxygen atoms in total. The molecule has 2 aromatic carbocycles. The van der Waals surface area contributed by atoms with E-state index in [0.717, 1.165) is 31.8 Å². The van der Waals surface area contributed by atoms with Gasteiger partial charge in [0, 0.05) is 39.7 Å². The van der Waals surface area contributed by atoms with Crippen LogP contribution >= 0.6 is 38.6 Å². The fraction of sp³-hybridized carbons (Fsp3) is 0.200. The average Bonchev–Trinajstić information content (AvgIpc) is 3.61. The summed E-state index contributed by atoms with van der Waals surface area (Å²) < 4.78 is 0.954. The van der Waals surface area contributed by atoms with Gasteiger partial charge in [0.25, 0.3) is 5.91 Å².